The van der Waals surface area contributed by atoms with Crippen LogP contribution in [0.2, 0.25) is 0 Å². The molecule has 0 atom stereocenters. The highest BCUT2D eigenvalue weighted by Crippen LogP contribution is 2.09. The van der Waals surface area contributed by atoms with Crippen LogP contribution < -0.4 is 10.3 Å². The van der Waals surface area contributed by atoms with Crippen LogP contribution in [0.3, 0.4) is 0 Å². The number of ether oxygens (including phenoxy) is 1. The molecule has 0 radical (unpaired) electrons. The molecule has 0 spiro atoms. The maximum absolute atomic E-state index is 11.2. The van der Waals surface area contributed by atoms with E-state index < -0.39 is 0 Å². The Balaban J connectivity index is 2.80. The van der Waals surface area contributed by atoms with Crippen LogP contribution in [0.4, 0.5) is 0 Å². The minimum Gasteiger partial charge on any atom is -0.492 e. The molecule has 0 saturated carbocycles. The zero-order valence-corrected chi connectivity index (χ0v) is 6.81. The van der Waals surface area contributed by atoms with Gasteiger partial charge in [0, 0.05) is 6.07 Å². The molecule has 0 bridgehead atoms. The molecular weight excluding hydrogens is 174 g/mol. The average molecular weight is 181 g/mol. The number of aromatic amines is 1. The number of nitrogens with one attached hydrogen (secondary N) is 1. The van der Waals surface area contributed by atoms with Crippen molar-refractivity contribution in [2.24, 2.45) is 0 Å². The first-order chi connectivity index (χ1) is 6.20. The first-order valence-electron chi connectivity index (χ1n) is 3.56. The summed E-state index contributed by atoms with van der Waals surface area (Å²) in [6.07, 6.45) is 1.40. The highest BCUT2D eigenvalue weighted by molar-refractivity contribution is 5.42. The second-order valence-corrected chi connectivity index (χ2v) is 2.48. The van der Waals surface area contributed by atoms with Crippen LogP contribution in [0.25, 0.3) is 5.65 Å². The molecule has 0 aliphatic carbocycles. The number of aromatic hydroxyl groups is 1. The largest absolute Gasteiger partial charge is 0.492 e. The highest BCUT2D eigenvalue weighted by Gasteiger charge is 2.04. The van der Waals surface area contributed by atoms with Crippen molar-refractivity contribution in [2.75, 3.05) is 7.11 Å². The van der Waals surface area contributed by atoms with Crippen molar-refractivity contribution in [1.29, 1.82) is 0 Å². The first kappa shape index (κ1) is 7.66. The van der Waals surface area contributed by atoms with E-state index in [1.54, 1.807) is 0 Å². The number of nitrogens with zero attached hydrogens (tertiary/aromatic N) is 2. The Hall–Kier alpha value is -1.98. The fraction of sp³-hybridized carbons (Fsp3) is 0.143. The van der Waals surface area contributed by atoms with E-state index in [9.17, 15) is 4.79 Å². The minimum atomic E-state index is -0.352. The Morgan fingerprint density at radius 2 is 2.46 bits per heavy atom. The molecule has 0 unspecified atom stereocenters. The monoisotopic (exact) mass is 181 g/mol. The Morgan fingerprint density at radius 1 is 1.69 bits per heavy atom. The topological polar surface area (TPSA) is 79.6 Å². The molecule has 2 rings (SSSR count). The normalized spacial score (nSPS) is 10.5. The van der Waals surface area contributed by atoms with Crippen LogP contribution in [0.15, 0.2) is 17.1 Å². The first-order valence-corrected chi connectivity index (χ1v) is 3.56. The summed E-state index contributed by atoms with van der Waals surface area (Å²) in [6.45, 7) is 0. The lowest BCUT2D eigenvalue weighted by Gasteiger charge is -1.97. The summed E-state index contributed by atoms with van der Waals surface area (Å²) in [5.74, 6) is -0.000460. The molecule has 13 heavy (non-hydrogen) atoms. The van der Waals surface area contributed by atoms with Crippen LogP contribution in [0, 0.1) is 0 Å². The van der Waals surface area contributed by atoms with Gasteiger partial charge in [-0.1, -0.05) is 0 Å². The van der Waals surface area contributed by atoms with Crippen molar-refractivity contribution >= 4 is 5.65 Å². The van der Waals surface area contributed by atoms with Crippen molar-refractivity contribution in [3.8, 4) is 11.6 Å². The van der Waals surface area contributed by atoms with Gasteiger partial charge in [-0.25, -0.2) is 4.52 Å². The second kappa shape index (κ2) is 2.51. The van der Waals surface area contributed by atoms with E-state index in [1.165, 1.54) is 23.9 Å². The summed E-state index contributed by atoms with van der Waals surface area (Å²) in [5.41, 5.74) is 0.0678. The van der Waals surface area contributed by atoms with E-state index in [0.29, 0.717) is 5.65 Å². The Bertz CT molecular complexity index is 499. The van der Waals surface area contributed by atoms with Gasteiger partial charge >= 0.3 is 0 Å². The number of hydrogen-bond donors (Lipinski definition) is 2. The van der Waals surface area contributed by atoms with Gasteiger partial charge in [-0.15, -0.1) is 5.10 Å². The van der Waals surface area contributed by atoms with Gasteiger partial charge in [0.15, 0.2) is 0 Å². The second-order valence-electron chi connectivity index (χ2n) is 2.48. The Morgan fingerprint density at radius 3 is 3.15 bits per heavy atom. The predicted octanol–water partition coefficient (Wildman–Crippen LogP) is -0.263. The molecule has 6 heteroatoms. The Labute approximate surface area is 72.4 Å². The zero-order valence-electron chi connectivity index (χ0n) is 6.81. The van der Waals surface area contributed by atoms with Gasteiger partial charge < -0.3 is 14.8 Å². The number of hydrogen-bond acceptors (Lipinski definition) is 4. The van der Waals surface area contributed by atoms with Crippen LogP contribution in [0.5, 0.6) is 11.6 Å². The number of fused-ring (bicyclic) bond motifs is 1. The summed E-state index contributed by atoms with van der Waals surface area (Å²) in [7, 11) is 1.39. The lowest BCUT2D eigenvalue weighted by Crippen LogP contribution is -2.11. The summed E-state index contributed by atoms with van der Waals surface area (Å²) < 4.78 is 6.11. The number of rotatable bonds is 1. The molecule has 0 amide bonds. The van der Waals surface area contributed by atoms with Gasteiger partial charge in [0.05, 0.1) is 13.3 Å². The van der Waals surface area contributed by atoms with E-state index in [4.69, 9.17) is 9.84 Å². The third-order valence-corrected chi connectivity index (χ3v) is 1.65. The molecule has 2 aromatic heterocycles. The molecule has 2 N–H and O–H groups in total. The number of methoxy groups -OCH3 is 1. The van der Waals surface area contributed by atoms with E-state index >= 15 is 0 Å². The molecule has 0 aliphatic rings. The highest BCUT2D eigenvalue weighted by atomic mass is 16.5. The summed E-state index contributed by atoms with van der Waals surface area (Å²) in [6, 6.07) is 1.35. The van der Waals surface area contributed by atoms with E-state index in [-0.39, 0.29) is 17.2 Å². The van der Waals surface area contributed by atoms with Crippen LogP contribution in [-0.4, -0.2) is 26.8 Å². The van der Waals surface area contributed by atoms with Crippen molar-refractivity contribution in [2.45, 2.75) is 0 Å². The summed E-state index contributed by atoms with van der Waals surface area (Å²) >= 11 is 0. The number of aromatic nitrogens is 3. The van der Waals surface area contributed by atoms with E-state index in [0.717, 1.165) is 0 Å². The fourth-order valence-corrected chi connectivity index (χ4v) is 1.07. The molecule has 0 fully saturated rings. The minimum absolute atomic E-state index is 0.149. The molecule has 0 aromatic carbocycles. The average Bonchev–Trinajstić information content (AvgIpc) is 2.42. The third-order valence-electron chi connectivity index (χ3n) is 1.65. The van der Waals surface area contributed by atoms with Gasteiger partial charge in [0.1, 0.15) is 5.65 Å². The molecule has 6 nitrogen and oxygen atoms in total. The third kappa shape index (κ3) is 1.12. The van der Waals surface area contributed by atoms with Crippen LogP contribution in [-0.2, 0) is 0 Å². The van der Waals surface area contributed by atoms with Crippen LogP contribution >= 0.6 is 0 Å². The SMILES string of the molecule is COc1cn2nc(O)cc2[nH]c1=O. The maximum Gasteiger partial charge on any atom is 0.293 e. The van der Waals surface area contributed by atoms with Crippen LogP contribution in [0.1, 0.15) is 0 Å². The van der Waals surface area contributed by atoms with Crippen molar-refractivity contribution < 1.29 is 9.84 Å². The number of H-pyrrole nitrogens is 1. The van der Waals surface area contributed by atoms with Crippen molar-refractivity contribution in [3.63, 3.8) is 0 Å². The quantitative estimate of drug-likeness (QED) is 0.635. The molecule has 2 heterocycles. The molecule has 2 aromatic rings. The molecule has 0 saturated heterocycles. The standard InChI is InChI=1S/C7H7N3O3/c1-13-4-3-10-5(8-7(4)12)2-6(11)9-10/h2-3H,1H3,(H,8,12)(H,9,11). The maximum atomic E-state index is 11.2. The zero-order chi connectivity index (χ0) is 9.42. The predicted molar refractivity (Wildman–Crippen MR) is 44.0 cm³/mol. The lowest BCUT2D eigenvalue weighted by atomic mass is 10.5. The van der Waals surface area contributed by atoms with Crippen molar-refractivity contribution in [3.05, 3.63) is 22.6 Å². The van der Waals surface area contributed by atoms with Gasteiger partial charge in [-0.05, 0) is 0 Å². The Kier molecular flexibility index (Phi) is 1.48. The summed E-state index contributed by atoms with van der Waals surface area (Å²) in [5, 5.41) is 12.7. The summed E-state index contributed by atoms with van der Waals surface area (Å²) in [4.78, 5) is 13.7. The van der Waals surface area contributed by atoms with Crippen molar-refractivity contribution in [1.82, 2.24) is 14.6 Å². The van der Waals surface area contributed by atoms with Gasteiger partial charge in [-0.2, -0.15) is 0 Å². The van der Waals surface area contributed by atoms with E-state index in [1.807, 2.05) is 0 Å². The van der Waals surface area contributed by atoms with Gasteiger partial charge in [0.25, 0.3) is 5.56 Å². The fourth-order valence-electron chi connectivity index (χ4n) is 1.07. The molecule has 0 aliphatic heterocycles. The lowest BCUT2D eigenvalue weighted by molar-refractivity contribution is 0.404. The van der Waals surface area contributed by atoms with E-state index in [2.05, 4.69) is 10.1 Å². The van der Waals surface area contributed by atoms with Gasteiger partial charge in [0.2, 0.25) is 11.6 Å². The smallest absolute Gasteiger partial charge is 0.293 e. The van der Waals surface area contributed by atoms with Gasteiger partial charge in [-0.3, -0.25) is 4.79 Å². The molecular formula is C7H7N3O3. The molecule has 68 valence electrons.